The van der Waals surface area contributed by atoms with Crippen LogP contribution >= 0.6 is 0 Å². The maximum absolute atomic E-state index is 4.13. The van der Waals surface area contributed by atoms with Gasteiger partial charge in [-0.15, -0.1) is 0 Å². The Hall–Kier alpha value is -1.05. The molecule has 74 valence electrons. The Morgan fingerprint density at radius 1 is 1.21 bits per heavy atom. The lowest BCUT2D eigenvalue weighted by molar-refractivity contribution is 0.567. The zero-order chi connectivity index (χ0) is 9.38. The van der Waals surface area contributed by atoms with Gasteiger partial charge in [0.25, 0.3) is 0 Å². The quantitative estimate of drug-likeness (QED) is 0.785. The summed E-state index contributed by atoms with van der Waals surface area (Å²) in [6.45, 7) is 0. The zero-order valence-electron chi connectivity index (χ0n) is 8.32. The van der Waals surface area contributed by atoms with Crippen LogP contribution in [0.3, 0.4) is 0 Å². The van der Waals surface area contributed by atoms with Gasteiger partial charge in [0.2, 0.25) is 0 Å². The van der Waals surface area contributed by atoms with Crippen molar-refractivity contribution in [2.45, 2.75) is 31.7 Å². The van der Waals surface area contributed by atoms with E-state index in [2.05, 4.69) is 16.4 Å². The van der Waals surface area contributed by atoms with Crippen LogP contribution in [0.5, 0.6) is 0 Å². The van der Waals surface area contributed by atoms with E-state index in [1.807, 2.05) is 18.5 Å². The summed E-state index contributed by atoms with van der Waals surface area (Å²) in [4.78, 5) is 4.13. The molecule has 2 aliphatic carbocycles. The average Bonchev–Trinajstić information content (AvgIpc) is 3.08. The zero-order valence-corrected chi connectivity index (χ0v) is 8.32. The molecule has 0 unspecified atom stereocenters. The van der Waals surface area contributed by atoms with E-state index < -0.39 is 0 Å². The lowest BCUT2D eigenvalue weighted by Gasteiger charge is -2.18. The largest absolute Gasteiger partial charge is 0.381 e. The molecule has 2 aliphatic rings. The van der Waals surface area contributed by atoms with Crippen LogP contribution in [0.1, 0.15) is 25.7 Å². The van der Waals surface area contributed by atoms with Crippen molar-refractivity contribution in [3.63, 3.8) is 0 Å². The molecule has 0 spiro atoms. The lowest BCUT2D eigenvalue weighted by Crippen LogP contribution is -2.24. The Morgan fingerprint density at radius 3 is 2.43 bits per heavy atom. The highest BCUT2D eigenvalue weighted by atomic mass is 15.0. The van der Waals surface area contributed by atoms with E-state index in [9.17, 15) is 0 Å². The van der Waals surface area contributed by atoms with Crippen LogP contribution in [0.15, 0.2) is 24.5 Å². The summed E-state index contributed by atoms with van der Waals surface area (Å²) < 4.78 is 0. The predicted octanol–water partition coefficient (Wildman–Crippen LogP) is 2.68. The molecule has 1 aromatic heterocycles. The van der Waals surface area contributed by atoms with Crippen molar-refractivity contribution in [1.29, 1.82) is 0 Å². The minimum atomic E-state index is 0.735. The highest BCUT2D eigenvalue weighted by Crippen LogP contribution is 2.45. The molecular weight excluding hydrogens is 172 g/mol. The third-order valence-electron chi connectivity index (χ3n) is 3.25. The molecule has 0 atom stereocenters. The van der Waals surface area contributed by atoms with Gasteiger partial charge >= 0.3 is 0 Å². The standard InChI is InChI=1S/C12H16N2/c1-2-11(8-13-7-1)14-12(9-3-4-9)10-5-6-10/h1-2,7-10,12,14H,3-6H2. The normalized spacial score (nSPS) is 21.2. The van der Waals surface area contributed by atoms with E-state index in [1.165, 1.54) is 31.4 Å². The fourth-order valence-electron chi connectivity index (χ4n) is 2.17. The molecule has 0 bridgehead atoms. The fourth-order valence-corrected chi connectivity index (χ4v) is 2.17. The maximum Gasteiger partial charge on any atom is 0.0529 e. The summed E-state index contributed by atoms with van der Waals surface area (Å²) in [5.41, 5.74) is 1.19. The number of nitrogens with one attached hydrogen (secondary N) is 1. The molecule has 0 aromatic carbocycles. The molecule has 0 aliphatic heterocycles. The van der Waals surface area contributed by atoms with Gasteiger partial charge in [-0.1, -0.05) is 0 Å². The molecule has 3 rings (SSSR count). The molecule has 2 saturated carbocycles. The first-order chi connectivity index (χ1) is 6.93. The second kappa shape index (κ2) is 3.26. The van der Waals surface area contributed by atoms with Gasteiger partial charge in [-0.3, -0.25) is 4.98 Å². The number of rotatable bonds is 4. The third kappa shape index (κ3) is 1.74. The Bertz CT molecular complexity index is 289. The first-order valence-corrected chi connectivity index (χ1v) is 5.60. The van der Waals surface area contributed by atoms with Crippen molar-refractivity contribution in [3.05, 3.63) is 24.5 Å². The van der Waals surface area contributed by atoms with Gasteiger partial charge in [-0.2, -0.15) is 0 Å². The molecule has 2 nitrogen and oxygen atoms in total. The van der Waals surface area contributed by atoms with Crippen molar-refractivity contribution >= 4 is 5.69 Å². The van der Waals surface area contributed by atoms with Gasteiger partial charge < -0.3 is 5.32 Å². The molecule has 14 heavy (non-hydrogen) atoms. The molecule has 0 saturated heterocycles. The van der Waals surface area contributed by atoms with E-state index in [0.29, 0.717) is 0 Å². The summed E-state index contributed by atoms with van der Waals surface area (Å²) >= 11 is 0. The van der Waals surface area contributed by atoms with E-state index in [4.69, 9.17) is 0 Å². The molecule has 1 heterocycles. The van der Waals surface area contributed by atoms with Crippen molar-refractivity contribution in [2.24, 2.45) is 11.8 Å². The molecule has 0 amide bonds. The van der Waals surface area contributed by atoms with Crippen molar-refractivity contribution < 1.29 is 0 Å². The van der Waals surface area contributed by atoms with E-state index in [-0.39, 0.29) is 0 Å². The molecule has 0 radical (unpaired) electrons. The van der Waals surface area contributed by atoms with Crippen molar-refractivity contribution in [3.8, 4) is 0 Å². The third-order valence-corrected chi connectivity index (χ3v) is 3.25. The van der Waals surface area contributed by atoms with Crippen LogP contribution in [-0.2, 0) is 0 Å². The van der Waals surface area contributed by atoms with E-state index in [1.54, 1.807) is 0 Å². The van der Waals surface area contributed by atoms with Crippen molar-refractivity contribution in [1.82, 2.24) is 4.98 Å². The topological polar surface area (TPSA) is 24.9 Å². The lowest BCUT2D eigenvalue weighted by atomic mass is 10.1. The second-order valence-corrected chi connectivity index (χ2v) is 4.59. The smallest absolute Gasteiger partial charge is 0.0529 e. The van der Waals surface area contributed by atoms with E-state index in [0.717, 1.165) is 17.9 Å². The average molecular weight is 188 g/mol. The monoisotopic (exact) mass is 188 g/mol. The highest BCUT2D eigenvalue weighted by Gasteiger charge is 2.41. The van der Waals surface area contributed by atoms with Crippen LogP contribution < -0.4 is 5.32 Å². The summed E-state index contributed by atoms with van der Waals surface area (Å²) in [6, 6.07) is 4.85. The molecule has 1 N–H and O–H groups in total. The Kier molecular flexibility index (Phi) is 1.93. The van der Waals surface area contributed by atoms with Gasteiger partial charge in [-0.05, 0) is 49.7 Å². The number of nitrogens with zero attached hydrogens (tertiary/aromatic N) is 1. The van der Waals surface area contributed by atoms with Gasteiger partial charge in [0.15, 0.2) is 0 Å². The summed E-state index contributed by atoms with van der Waals surface area (Å²) in [5.74, 6) is 1.89. The predicted molar refractivity (Wildman–Crippen MR) is 57.1 cm³/mol. The summed E-state index contributed by atoms with van der Waals surface area (Å²) in [7, 11) is 0. The van der Waals surface area contributed by atoms with Crippen LogP contribution in [0, 0.1) is 11.8 Å². The number of hydrogen-bond acceptors (Lipinski definition) is 2. The molecular formula is C12H16N2. The number of aromatic nitrogens is 1. The van der Waals surface area contributed by atoms with Gasteiger partial charge in [-0.25, -0.2) is 0 Å². The van der Waals surface area contributed by atoms with E-state index >= 15 is 0 Å². The SMILES string of the molecule is c1cncc(NC(C2CC2)C2CC2)c1. The van der Waals surface area contributed by atoms with Crippen LogP contribution in [0.2, 0.25) is 0 Å². The molecule has 2 fully saturated rings. The fraction of sp³-hybridized carbons (Fsp3) is 0.583. The molecule has 1 aromatic rings. The van der Waals surface area contributed by atoms with Gasteiger partial charge in [0, 0.05) is 18.4 Å². The van der Waals surface area contributed by atoms with Crippen molar-refractivity contribution in [2.75, 3.05) is 5.32 Å². The Morgan fingerprint density at radius 2 is 1.93 bits per heavy atom. The maximum atomic E-state index is 4.13. The summed E-state index contributed by atoms with van der Waals surface area (Å²) in [5, 5.41) is 3.64. The number of hydrogen-bond donors (Lipinski definition) is 1. The minimum absolute atomic E-state index is 0.735. The van der Waals surface area contributed by atoms with Gasteiger partial charge in [0.1, 0.15) is 0 Å². The highest BCUT2D eigenvalue weighted by molar-refractivity contribution is 5.41. The van der Waals surface area contributed by atoms with Crippen LogP contribution in [-0.4, -0.2) is 11.0 Å². The summed E-state index contributed by atoms with van der Waals surface area (Å²) in [6.07, 6.45) is 9.46. The van der Waals surface area contributed by atoms with Crippen LogP contribution in [0.4, 0.5) is 5.69 Å². The number of pyridine rings is 1. The first-order valence-electron chi connectivity index (χ1n) is 5.60. The van der Waals surface area contributed by atoms with Crippen LogP contribution in [0.25, 0.3) is 0 Å². The number of anilines is 1. The Labute approximate surface area is 84.7 Å². The molecule has 2 heteroatoms. The Balaban J connectivity index is 1.69. The first kappa shape index (κ1) is 8.27. The minimum Gasteiger partial charge on any atom is -0.381 e. The van der Waals surface area contributed by atoms with Gasteiger partial charge in [0.05, 0.1) is 5.69 Å². The second-order valence-electron chi connectivity index (χ2n) is 4.59.